The first kappa shape index (κ1) is 22.6. The van der Waals surface area contributed by atoms with Gasteiger partial charge in [0.2, 0.25) is 0 Å². The second kappa shape index (κ2) is 10.3. The Morgan fingerprint density at radius 3 is 2.81 bits per heavy atom. The number of nitrogens with zero attached hydrogens (tertiary/aromatic N) is 4. The molecule has 2 N–H and O–H groups in total. The van der Waals surface area contributed by atoms with E-state index in [1.54, 1.807) is 31.5 Å². The molecule has 0 saturated carbocycles. The van der Waals surface area contributed by atoms with Crippen molar-refractivity contribution in [3.8, 4) is 0 Å². The lowest BCUT2D eigenvalue weighted by Crippen LogP contribution is -2.28. The Labute approximate surface area is 187 Å². The summed E-state index contributed by atoms with van der Waals surface area (Å²) in [7, 11) is 1.67. The Kier molecular flexibility index (Phi) is 7.53. The van der Waals surface area contributed by atoms with E-state index in [2.05, 4.69) is 25.6 Å². The molecule has 0 aliphatic rings. The standard InChI is InChI=1S/C20H21FN6O2S2/c1-12-16(9-23-19(24-12)30-3)17(28)27(2)10-15-11-31-20(25-15)26-18(29)22-8-13-5-4-6-14(21)7-13/h4-7,9,11H,8,10H2,1-3H3,(H2,22,25,26,29). The van der Waals surface area contributed by atoms with Crippen LogP contribution in [0.2, 0.25) is 0 Å². The average Bonchev–Trinajstić information content (AvgIpc) is 3.18. The molecule has 11 heteroatoms. The maximum atomic E-state index is 13.2. The number of anilines is 1. The molecule has 0 fully saturated rings. The van der Waals surface area contributed by atoms with Gasteiger partial charge < -0.3 is 10.2 Å². The smallest absolute Gasteiger partial charge is 0.321 e. The van der Waals surface area contributed by atoms with Crippen molar-refractivity contribution in [2.75, 3.05) is 18.6 Å². The van der Waals surface area contributed by atoms with Gasteiger partial charge in [0.1, 0.15) is 5.82 Å². The summed E-state index contributed by atoms with van der Waals surface area (Å²) in [4.78, 5) is 39.1. The molecule has 8 nitrogen and oxygen atoms in total. The SMILES string of the molecule is CSc1ncc(C(=O)N(C)Cc2csc(NC(=O)NCc3cccc(F)c3)n2)c(C)n1. The molecule has 0 aliphatic carbocycles. The van der Waals surface area contributed by atoms with Gasteiger partial charge in [0.15, 0.2) is 10.3 Å². The third-order valence-electron chi connectivity index (χ3n) is 4.23. The molecule has 0 unspecified atom stereocenters. The lowest BCUT2D eigenvalue weighted by molar-refractivity contribution is 0.0781. The fourth-order valence-electron chi connectivity index (χ4n) is 2.68. The zero-order chi connectivity index (χ0) is 22.4. The highest BCUT2D eigenvalue weighted by atomic mass is 32.2. The molecule has 31 heavy (non-hydrogen) atoms. The van der Waals surface area contributed by atoms with Crippen LogP contribution in [0.5, 0.6) is 0 Å². The van der Waals surface area contributed by atoms with Gasteiger partial charge in [-0.25, -0.2) is 24.1 Å². The van der Waals surface area contributed by atoms with Gasteiger partial charge in [-0.2, -0.15) is 0 Å². The Balaban J connectivity index is 1.54. The normalized spacial score (nSPS) is 10.6. The predicted molar refractivity (Wildman–Crippen MR) is 119 cm³/mol. The predicted octanol–water partition coefficient (Wildman–Crippen LogP) is 3.70. The van der Waals surface area contributed by atoms with Crippen LogP contribution in [0.3, 0.4) is 0 Å². The Morgan fingerprint density at radius 1 is 1.29 bits per heavy atom. The van der Waals surface area contributed by atoms with Gasteiger partial charge in [-0.3, -0.25) is 10.1 Å². The molecule has 0 radical (unpaired) electrons. The number of urea groups is 1. The van der Waals surface area contributed by atoms with Gasteiger partial charge >= 0.3 is 6.03 Å². The van der Waals surface area contributed by atoms with Gasteiger partial charge in [-0.1, -0.05) is 23.9 Å². The van der Waals surface area contributed by atoms with E-state index in [0.29, 0.717) is 32.8 Å². The molecule has 162 valence electrons. The van der Waals surface area contributed by atoms with Crippen molar-refractivity contribution in [3.05, 3.63) is 64.2 Å². The summed E-state index contributed by atoms with van der Waals surface area (Å²) in [5, 5.41) is 8.07. The maximum Gasteiger partial charge on any atom is 0.321 e. The van der Waals surface area contributed by atoms with Crippen LogP contribution in [-0.4, -0.2) is 45.1 Å². The minimum Gasteiger partial charge on any atom is -0.336 e. The zero-order valence-corrected chi connectivity index (χ0v) is 18.8. The number of hydrogen-bond acceptors (Lipinski definition) is 7. The summed E-state index contributed by atoms with van der Waals surface area (Å²) in [5.74, 6) is -0.564. The molecule has 3 rings (SSSR count). The first-order valence-electron chi connectivity index (χ1n) is 9.22. The summed E-state index contributed by atoms with van der Waals surface area (Å²) in [6, 6.07) is 5.56. The van der Waals surface area contributed by atoms with E-state index in [4.69, 9.17) is 0 Å². The number of halogens is 1. The van der Waals surface area contributed by atoms with E-state index < -0.39 is 6.03 Å². The van der Waals surface area contributed by atoms with E-state index in [-0.39, 0.29) is 24.8 Å². The molecule has 3 amide bonds. The van der Waals surface area contributed by atoms with Crippen LogP contribution in [0.1, 0.15) is 27.3 Å². The Hall–Kier alpha value is -3.05. The van der Waals surface area contributed by atoms with E-state index in [9.17, 15) is 14.0 Å². The highest BCUT2D eigenvalue weighted by Crippen LogP contribution is 2.18. The number of aryl methyl sites for hydroxylation is 1. The number of benzene rings is 1. The molecule has 0 aliphatic heterocycles. The minimum atomic E-state index is -0.448. The van der Waals surface area contributed by atoms with Gasteiger partial charge in [0.05, 0.1) is 23.5 Å². The van der Waals surface area contributed by atoms with Crippen LogP contribution in [0, 0.1) is 12.7 Å². The van der Waals surface area contributed by atoms with Crippen LogP contribution < -0.4 is 10.6 Å². The fourth-order valence-corrected chi connectivity index (χ4v) is 3.76. The monoisotopic (exact) mass is 460 g/mol. The number of carbonyl (C=O) groups excluding carboxylic acids is 2. The first-order chi connectivity index (χ1) is 14.9. The fraction of sp³-hybridized carbons (Fsp3) is 0.250. The van der Waals surface area contributed by atoms with Crippen molar-refractivity contribution in [1.82, 2.24) is 25.2 Å². The van der Waals surface area contributed by atoms with Crippen molar-refractivity contribution in [2.24, 2.45) is 0 Å². The third kappa shape index (κ3) is 6.22. The molecule has 2 aromatic heterocycles. The summed E-state index contributed by atoms with van der Waals surface area (Å²) in [6.07, 6.45) is 3.40. The number of aromatic nitrogens is 3. The number of amides is 3. The molecular weight excluding hydrogens is 439 g/mol. The molecule has 0 bridgehead atoms. The number of thiazole rings is 1. The summed E-state index contributed by atoms with van der Waals surface area (Å²) >= 11 is 2.66. The first-order valence-corrected chi connectivity index (χ1v) is 11.3. The highest BCUT2D eigenvalue weighted by Gasteiger charge is 2.18. The Morgan fingerprint density at radius 2 is 2.10 bits per heavy atom. The number of carbonyl (C=O) groups is 2. The van der Waals surface area contributed by atoms with Crippen LogP contribution in [0.15, 0.2) is 41.0 Å². The minimum absolute atomic E-state index is 0.190. The molecule has 0 spiro atoms. The molecule has 0 atom stereocenters. The molecule has 3 aromatic rings. The third-order valence-corrected chi connectivity index (χ3v) is 5.60. The van der Waals surface area contributed by atoms with Crippen LogP contribution in [0.4, 0.5) is 14.3 Å². The summed E-state index contributed by atoms with van der Waals surface area (Å²) in [5.41, 5.74) is 2.35. The number of nitrogens with one attached hydrogen (secondary N) is 2. The van der Waals surface area contributed by atoms with Crippen LogP contribution in [-0.2, 0) is 13.1 Å². The highest BCUT2D eigenvalue weighted by molar-refractivity contribution is 7.98. The van der Waals surface area contributed by atoms with Crippen LogP contribution >= 0.6 is 23.1 Å². The molecule has 0 saturated heterocycles. The van der Waals surface area contributed by atoms with E-state index in [1.165, 1.54) is 46.3 Å². The number of thioether (sulfide) groups is 1. The quantitative estimate of drug-likeness (QED) is 0.412. The van der Waals surface area contributed by atoms with Gasteiger partial charge in [0, 0.05) is 25.2 Å². The molecule has 2 heterocycles. The largest absolute Gasteiger partial charge is 0.336 e. The zero-order valence-electron chi connectivity index (χ0n) is 17.2. The molecule has 1 aromatic carbocycles. The van der Waals surface area contributed by atoms with E-state index in [1.807, 2.05) is 6.26 Å². The number of hydrogen-bond donors (Lipinski definition) is 2. The summed E-state index contributed by atoms with van der Waals surface area (Å²) < 4.78 is 13.2. The van der Waals surface area contributed by atoms with Crippen LogP contribution in [0.25, 0.3) is 0 Å². The van der Waals surface area contributed by atoms with Crippen molar-refractivity contribution in [1.29, 1.82) is 0 Å². The van der Waals surface area contributed by atoms with Crippen molar-refractivity contribution >= 4 is 40.2 Å². The maximum absolute atomic E-state index is 13.2. The van der Waals surface area contributed by atoms with E-state index >= 15 is 0 Å². The Bertz CT molecular complexity index is 1090. The van der Waals surface area contributed by atoms with Crippen molar-refractivity contribution < 1.29 is 14.0 Å². The average molecular weight is 461 g/mol. The van der Waals surface area contributed by atoms with Crippen molar-refractivity contribution in [2.45, 2.75) is 25.2 Å². The van der Waals surface area contributed by atoms with Gasteiger partial charge in [0.25, 0.3) is 5.91 Å². The topological polar surface area (TPSA) is 100 Å². The van der Waals surface area contributed by atoms with Gasteiger partial charge in [-0.05, 0) is 30.9 Å². The second-order valence-corrected chi connectivity index (χ2v) is 8.23. The number of rotatable bonds is 7. The van der Waals surface area contributed by atoms with Crippen molar-refractivity contribution in [3.63, 3.8) is 0 Å². The second-order valence-electron chi connectivity index (χ2n) is 6.60. The molecular formula is C20H21FN6O2S2. The van der Waals surface area contributed by atoms with E-state index in [0.717, 1.165) is 0 Å². The van der Waals surface area contributed by atoms with Gasteiger partial charge in [-0.15, -0.1) is 11.3 Å². The lowest BCUT2D eigenvalue weighted by atomic mass is 10.2. The summed E-state index contributed by atoms with van der Waals surface area (Å²) in [6.45, 7) is 2.23. The lowest BCUT2D eigenvalue weighted by Gasteiger charge is -2.16.